The molecule has 1 aliphatic rings. The van der Waals surface area contributed by atoms with Gasteiger partial charge in [-0.15, -0.1) is 12.6 Å². The molecule has 25 heavy (non-hydrogen) atoms. The van der Waals surface area contributed by atoms with E-state index in [2.05, 4.69) is 12.6 Å². The van der Waals surface area contributed by atoms with Crippen LogP contribution in [0.2, 0.25) is 0 Å². The molecule has 2 rings (SSSR count). The summed E-state index contributed by atoms with van der Waals surface area (Å²) in [5.74, 6) is 0.294. The number of carbonyl (C=O) groups is 2. The van der Waals surface area contributed by atoms with Gasteiger partial charge < -0.3 is 14.4 Å². The van der Waals surface area contributed by atoms with Gasteiger partial charge in [0.05, 0.1) is 0 Å². The number of thiol groups is 1. The summed E-state index contributed by atoms with van der Waals surface area (Å²) in [7, 11) is 0. The van der Waals surface area contributed by atoms with Crippen molar-refractivity contribution in [2.24, 2.45) is 0 Å². The molecule has 1 aliphatic heterocycles. The van der Waals surface area contributed by atoms with E-state index in [9.17, 15) is 9.59 Å². The first-order chi connectivity index (χ1) is 11.7. The smallest absolute Gasteiger partial charge is 0.428 e. The zero-order valence-electron chi connectivity index (χ0n) is 14.9. The molecular formula is C19H25NO4S. The van der Waals surface area contributed by atoms with Crippen LogP contribution in [0.15, 0.2) is 29.2 Å². The fraction of sp³-hybridized carbons (Fsp3) is 0.474. The van der Waals surface area contributed by atoms with Crippen LogP contribution in [-0.4, -0.2) is 35.7 Å². The fourth-order valence-electron chi connectivity index (χ4n) is 2.50. The summed E-state index contributed by atoms with van der Waals surface area (Å²) in [6, 6.07) is 5.09. The Hall–Kier alpha value is -1.95. The molecule has 1 aromatic rings. The summed E-state index contributed by atoms with van der Waals surface area (Å²) in [5.41, 5.74) is -0.0374. The lowest BCUT2D eigenvalue weighted by molar-refractivity contribution is -0.126. The second-order valence-corrected chi connectivity index (χ2v) is 7.52. The molecule has 6 heteroatoms. The predicted octanol–water partition coefficient (Wildman–Crippen LogP) is 4.31. The van der Waals surface area contributed by atoms with Gasteiger partial charge in [0, 0.05) is 29.6 Å². The highest BCUT2D eigenvalue weighted by Crippen LogP contribution is 2.25. The molecule has 1 amide bonds. The molecule has 1 saturated heterocycles. The molecule has 0 aromatic heterocycles. The van der Waals surface area contributed by atoms with Crippen LogP contribution in [0, 0.1) is 0 Å². The monoisotopic (exact) mass is 363 g/mol. The van der Waals surface area contributed by atoms with Gasteiger partial charge in [-0.1, -0.05) is 0 Å². The summed E-state index contributed by atoms with van der Waals surface area (Å²) < 4.78 is 10.5. The maximum Gasteiger partial charge on any atom is 0.514 e. The number of benzene rings is 1. The van der Waals surface area contributed by atoms with Gasteiger partial charge in [0.1, 0.15) is 11.4 Å². The van der Waals surface area contributed by atoms with Gasteiger partial charge in [-0.05, 0) is 64.3 Å². The van der Waals surface area contributed by atoms with Gasteiger partial charge in [-0.3, -0.25) is 4.79 Å². The summed E-state index contributed by atoms with van der Waals surface area (Å²) in [4.78, 5) is 26.7. The number of ether oxygens (including phenoxy) is 2. The van der Waals surface area contributed by atoms with Crippen LogP contribution in [0.5, 0.6) is 5.75 Å². The van der Waals surface area contributed by atoms with E-state index in [0.717, 1.165) is 25.9 Å². The van der Waals surface area contributed by atoms with E-state index in [-0.39, 0.29) is 5.91 Å². The van der Waals surface area contributed by atoms with Crippen LogP contribution in [-0.2, 0) is 9.53 Å². The van der Waals surface area contributed by atoms with Crippen molar-refractivity contribution in [3.8, 4) is 5.75 Å². The minimum atomic E-state index is -0.781. The topological polar surface area (TPSA) is 55.8 Å². The second-order valence-electron chi connectivity index (χ2n) is 7.01. The molecule has 0 atom stereocenters. The average molecular weight is 363 g/mol. The lowest BCUT2D eigenvalue weighted by Gasteiger charge is -2.25. The summed E-state index contributed by atoms with van der Waals surface area (Å²) in [6.07, 6.45) is 5.63. The van der Waals surface area contributed by atoms with Crippen LogP contribution < -0.4 is 4.74 Å². The van der Waals surface area contributed by atoms with Gasteiger partial charge in [0.25, 0.3) is 0 Å². The zero-order valence-corrected chi connectivity index (χ0v) is 15.8. The number of likely N-dealkylation sites (tertiary alicyclic amines) is 1. The molecule has 0 bridgehead atoms. The molecule has 0 spiro atoms. The molecule has 1 fully saturated rings. The molecule has 0 unspecified atom stereocenters. The number of amides is 1. The highest BCUT2D eigenvalue weighted by molar-refractivity contribution is 7.80. The van der Waals surface area contributed by atoms with Gasteiger partial charge in [-0.25, -0.2) is 4.79 Å². The van der Waals surface area contributed by atoms with Crippen molar-refractivity contribution in [1.29, 1.82) is 0 Å². The van der Waals surface area contributed by atoms with E-state index in [0.29, 0.717) is 16.2 Å². The number of hydrogen-bond donors (Lipinski definition) is 1. The van der Waals surface area contributed by atoms with E-state index in [1.807, 2.05) is 4.90 Å². The number of nitrogens with zero attached hydrogens (tertiary/aromatic N) is 1. The van der Waals surface area contributed by atoms with Crippen molar-refractivity contribution in [1.82, 2.24) is 4.90 Å². The Morgan fingerprint density at radius 1 is 1.16 bits per heavy atom. The van der Waals surface area contributed by atoms with E-state index >= 15 is 0 Å². The third-order valence-electron chi connectivity index (χ3n) is 3.65. The zero-order chi connectivity index (χ0) is 18.4. The van der Waals surface area contributed by atoms with Gasteiger partial charge in [-0.2, -0.15) is 0 Å². The van der Waals surface area contributed by atoms with Crippen LogP contribution >= 0.6 is 12.6 Å². The van der Waals surface area contributed by atoms with Crippen molar-refractivity contribution in [3.63, 3.8) is 0 Å². The Morgan fingerprint density at radius 2 is 1.84 bits per heavy atom. The Balaban J connectivity index is 2.11. The molecular weight excluding hydrogens is 338 g/mol. The molecule has 0 saturated carbocycles. The van der Waals surface area contributed by atoms with E-state index in [1.165, 1.54) is 12.5 Å². The highest BCUT2D eigenvalue weighted by atomic mass is 32.1. The second kappa shape index (κ2) is 8.43. The summed E-state index contributed by atoms with van der Waals surface area (Å²) in [6.45, 7) is 6.88. The van der Waals surface area contributed by atoms with E-state index < -0.39 is 11.8 Å². The quantitative estimate of drug-likeness (QED) is 0.376. The van der Waals surface area contributed by atoms with Gasteiger partial charge in [0.2, 0.25) is 5.91 Å². The summed E-state index contributed by atoms with van der Waals surface area (Å²) in [5, 5.41) is 0. The SMILES string of the molecule is CC(C)(C)OC(=O)Oc1ccc(S)cc1C=CC(=O)N1CCCCC1. The molecule has 1 aromatic carbocycles. The molecule has 0 radical (unpaired) electrons. The maximum absolute atomic E-state index is 12.3. The third-order valence-corrected chi connectivity index (χ3v) is 3.93. The minimum absolute atomic E-state index is 0.0347. The van der Waals surface area contributed by atoms with Crippen molar-refractivity contribution in [2.75, 3.05) is 13.1 Å². The normalized spacial score (nSPS) is 15.3. The van der Waals surface area contributed by atoms with Crippen LogP contribution in [0.3, 0.4) is 0 Å². The molecule has 0 aliphatic carbocycles. The number of carbonyl (C=O) groups excluding carboxylic acids is 2. The molecule has 136 valence electrons. The van der Waals surface area contributed by atoms with Crippen LogP contribution in [0.1, 0.15) is 45.6 Å². The molecule has 5 nitrogen and oxygen atoms in total. The van der Waals surface area contributed by atoms with E-state index in [1.54, 1.807) is 45.0 Å². The number of piperidine rings is 1. The Bertz CT molecular complexity index is 658. The number of hydrogen-bond acceptors (Lipinski definition) is 5. The first-order valence-electron chi connectivity index (χ1n) is 8.45. The van der Waals surface area contributed by atoms with E-state index in [4.69, 9.17) is 9.47 Å². The van der Waals surface area contributed by atoms with Crippen molar-refractivity contribution < 1.29 is 19.1 Å². The third kappa shape index (κ3) is 6.46. The fourth-order valence-corrected chi connectivity index (χ4v) is 2.71. The number of rotatable bonds is 3. The average Bonchev–Trinajstić information content (AvgIpc) is 2.54. The molecule has 1 heterocycles. The molecule has 0 N–H and O–H groups in total. The van der Waals surface area contributed by atoms with Gasteiger partial charge in [0.15, 0.2) is 0 Å². The highest BCUT2D eigenvalue weighted by Gasteiger charge is 2.19. The van der Waals surface area contributed by atoms with Crippen molar-refractivity contribution in [3.05, 3.63) is 29.8 Å². The van der Waals surface area contributed by atoms with Crippen LogP contribution in [0.4, 0.5) is 4.79 Å². The first kappa shape index (κ1) is 19.4. The van der Waals surface area contributed by atoms with Gasteiger partial charge >= 0.3 is 6.16 Å². The van der Waals surface area contributed by atoms with Crippen LogP contribution in [0.25, 0.3) is 6.08 Å². The Morgan fingerprint density at radius 3 is 2.48 bits per heavy atom. The first-order valence-corrected chi connectivity index (χ1v) is 8.90. The van der Waals surface area contributed by atoms with Crippen molar-refractivity contribution in [2.45, 2.75) is 50.5 Å². The summed E-state index contributed by atoms with van der Waals surface area (Å²) >= 11 is 4.31. The lowest BCUT2D eigenvalue weighted by Crippen LogP contribution is -2.34. The Kier molecular flexibility index (Phi) is 6.53. The maximum atomic E-state index is 12.3. The Labute approximate surface area is 154 Å². The minimum Gasteiger partial charge on any atom is -0.428 e. The predicted molar refractivity (Wildman–Crippen MR) is 100 cm³/mol. The largest absolute Gasteiger partial charge is 0.514 e. The lowest BCUT2D eigenvalue weighted by atomic mass is 10.1. The standard InChI is InChI=1S/C19H25NO4S/c1-19(2,3)24-18(22)23-16-9-8-15(25)13-14(16)7-10-17(21)20-11-5-4-6-12-20/h7-10,13,25H,4-6,11-12H2,1-3H3. The van der Waals surface area contributed by atoms with Crippen molar-refractivity contribution >= 4 is 30.8 Å².